The predicted molar refractivity (Wildman–Crippen MR) is 139 cm³/mol. The second kappa shape index (κ2) is 10.8. The van der Waals surface area contributed by atoms with Gasteiger partial charge in [0.25, 0.3) is 0 Å². The number of benzene rings is 1. The third-order valence-corrected chi connectivity index (χ3v) is 8.23. The zero-order chi connectivity index (χ0) is 21.6. The minimum Gasteiger partial charge on any atom is -0.330 e. The number of hydrogen-bond acceptors (Lipinski definition) is 5. The predicted octanol–water partition coefficient (Wildman–Crippen LogP) is 4.89. The van der Waals surface area contributed by atoms with Crippen molar-refractivity contribution in [2.24, 2.45) is 17.4 Å². The van der Waals surface area contributed by atoms with Gasteiger partial charge in [0.05, 0.1) is 11.7 Å². The molecule has 0 amide bonds. The molecule has 2 heterocycles. The Balaban J connectivity index is 0.00000153. The summed E-state index contributed by atoms with van der Waals surface area (Å²) in [7, 11) is 0. The highest BCUT2D eigenvalue weighted by molar-refractivity contribution is 6.30. The number of aromatic nitrogens is 2. The lowest BCUT2D eigenvalue weighted by Gasteiger charge is -2.44. The van der Waals surface area contributed by atoms with Gasteiger partial charge in [0.2, 0.25) is 0 Å². The van der Waals surface area contributed by atoms with E-state index in [1.807, 2.05) is 6.07 Å². The Morgan fingerprint density at radius 3 is 2.52 bits per heavy atom. The van der Waals surface area contributed by atoms with Crippen LogP contribution in [0.5, 0.6) is 0 Å². The van der Waals surface area contributed by atoms with Gasteiger partial charge in [-0.1, -0.05) is 23.7 Å². The molecule has 2 aliphatic carbocycles. The molecule has 5 rings (SSSR count). The number of aryl methyl sites for hydroxylation is 1. The van der Waals surface area contributed by atoms with Crippen LogP contribution in [-0.2, 0) is 18.4 Å². The lowest BCUT2D eigenvalue weighted by atomic mass is 9.68. The molecule has 8 heteroatoms. The first kappa shape index (κ1) is 26.7. The maximum atomic E-state index is 6.39. The lowest BCUT2D eigenvalue weighted by molar-refractivity contribution is 0.111. The molecule has 1 aromatic heterocycles. The average molecular weight is 513 g/mol. The van der Waals surface area contributed by atoms with Gasteiger partial charge >= 0.3 is 0 Å². The Kier molecular flexibility index (Phi) is 8.69. The van der Waals surface area contributed by atoms with Crippen LogP contribution >= 0.6 is 36.4 Å². The summed E-state index contributed by atoms with van der Waals surface area (Å²) in [5, 5.41) is 0.802. The van der Waals surface area contributed by atoms with Gasteiger partial charge < -0.3 is 11.5 Å². The molecule has 33 heavy (non-hydrogen) atoms. The van der Waals surface area contributed by atoms with Gasteiger partial charge in [0.1, 0.15) is 5.82 Å². The molecule has 3 aliphatic rings. The molecule has 5 nitrogen and oxygen atoms in total. The minimum absolute atomic E-state index is 0. The summed E-state index contributed by atoms with van der Waals surface area (Å²) in [6, 6.07) is 8.90. The van der Waals surface area contributed by atoms with Crippen LogP contribution in [0.2, 0.25) is 5.02 Å². The fraction of sp³-hybridized carbons (Fsp3) is 0.600. The topological polar surface area (TPSA) is 81.1 Å². The molecule has 1 atom stereocenters. The van der Waals surface area contributed by atoms with Crippen LogP contribution in [0.25, 0.3) is 0 Å². The van der Waals surface area contributed by atoms with Crippen molar-refractivity contribution < 1.29 is 0 Å². The third-order valence-electron chi connectivity index (χ3n) is 8.00. The van der Waals surface area contributed by atoms with Gasteiger partial charge in [-0.2, -0.15) is 0 Å². The molecule has 0 spiro atoms. The van der Waals surface area contributed by atoms with Crippen molar-refractivity contribution in [2.75, 3.05) is 13.1 Å². The standard InChI is InChI=1S/C25H34ClN5.2ClH/c1-16-21-14-31(12-9-22(21)30-24(29-16)23(28)17-5-6-17)20-7-10-25(15-27,11-8-20)18-3-2-4-19(26)13-18;;/h2-4,13,17,20,23H,5-12,14-15,27-28H2,1H3;2*1H. The molecule has 2 aromatic rings. The molecule has 2 fully saturated rings. The summed E-state index contributed by atoms with van der Waals surface area (Å²) in [6.07, 6.45) is 8.00. The van der Waals surface area contributed by atoms with Crippen LogP contribution in [0, 0.1) is 12.8 Å². The highest BCUT2D eigenvalue weighted by Gasteiger charge is 2.39. The van der Waals surface area contributed by atoms with E-state index in [1.54, 1.807) is 0 Å². The number of nitrogens with two attached hydrogens (primary N) is 2. The van der Waals surface area contributed by atoms with Crippen molar-refractivity contribution in [1.82, 2.24) is 14.9 Å². The van der Waals surface area contributed by atoms with Crippen LogP contribution in [0.4, 0.5) is 0 Å². The van der Waals surface area contributed by atoms with E-state index in [0.29, 0.717) is 18.5 Å². The molecule has 1 unspecified atom stereocenters. The summed E-state index contributed by atoms with van der Waals surface area (Å²) < 4.78 is 0. The zero-order valence-corrected chi connectivity index (χ0v) is 21.7. The van der Waals surface area contributed by atoms with E-state index < -0.39 is 0 Å². The fourth-order valence-corrected chi connectivity index (χ4v) is 5.89. The first-order valence-electron chi connectivity index (χ1n) is 11.8. The molecular formula is C25H36Cl3N5. The summed E-state index contributed by atoms with van der Waals surface area (Å²) in [4.78, 5) is 12.4. The van der Waals surface area contributed by atoms with Crippen molar-refractivity contribution in [3.8, 4) is 0 Å². The number of nitrogens with zero attached hydrogens (tertiary/aromatic N) is 3. The highest BCUT2D eigenvalue weighted by atomic mass is 35.5. The second-order valence-electron chi connectivity index (χ2n) is 9.90. The second-order valence-corrected chi connectivity index (χ2v) is 10.3. The van der Waals surface area contributed by atoms with E-state index in [2.05, 4.69) is 30.0 Å². The van der Waals surface area contributed by atoms with Gasteiger partial charge in [-0.3, -0.25) is 4.90 Å². The number of hydrogen-bond donors (Lipinski definition) is 2. The average Bonchev–Trinajstić information content (AvgIpc) is 3.64. The van der Waals surface area contributed by atoms with Gasteiger partial charge in [0, 0.05) is 53.8 Å². The molecule has 0 saturated heterocycles. The van der Waals surface area contributed by atoms with Crippen molar-refractivity contribution in [2.45, 2.75) is 75.9 Å². The summed E-state index contributed by atoms with van der Waals surface area (Å²) >= 11 is 6.28. The molecule has 2 saturated carbocycles. The maximum Gasteiger partial charge on any atom is 0.145 e. The highest BCUT2D eigenvalue weighted by Crippen LogP contribution is 2.42. The van der Waals surface area contributed by atoms with Crippen LogP contribution in [0.3, 0.4) is 0 Å². The normalized spacial score (nSPS) is 26.0. The fourth-order valence-electron chi connectivity index (χ4n) is 5.70. The SMILES string of the molecule is Cc1nc(C(N)C2CC2)nc2c1CN(C1CCC(CN)(c3cccc(Cl)c3)CC1)CC2.Cl.Cl. The quantitative estimate of drug-likeness (QED) is 0.596. The van der Waals surface area contributed by atoms with Crippen molar-refractivity contribution in [1.29, 1.82) is 0 Å². The van der Waals surface area contributed by atoms with E-state index in [4.69, 9.17) is 33.0 Å². The summed E-state index contributed by atoms with van der Waals surface area (Å²) in [5.74, 6) is 1.45. The van der Waals surface area contributed by atoms with Crippen LogP contribution in [0.15, 0.2) is 24.3 Å². The Morgan fingerprint density at radius 2 is 1.88 bits per heavy atom. The Morgan fingerprint density at radius 1 is 1.15 bits per heavy atom. The Labute approximate surface area is 214 Å². The molecule has 4 N–H and O–H groups in total. The molecule has 0 radical (unpaired) electrons. The van der Waals surface area contributed by atoms with Gasteiger partial charge in [-0.15, -0.1) is 24.8 Å². The van der Waals surface area contributed by atoms with Crippen molar-refractivity contribution >= 4 is 36.4 Å². The molecule has 1 aromatic carbocycles. The van der Waals surface area contributed by atoms with Crippen molar-refractivity contribution in [3.05, 3.63) is 57.6 Å². The molecule has 182 valence electrons. The first-order chi connectivity index (χ1) is 15.0. The van der Waals surface area contributed by atoms with Crippen LogP contribution in [-0.4, -0.2) is 34.0 Å². The van der Waals surface area contributed by atoms with Gasteiger partial charge in [0.15, 0.2) is 0 Å². The van der Waals surface area contributed by atoms with Gasteiger partial charge in [-0.05, 0) is 69.1 Å². The van der Waals surface area contributed by atoms with E-state index in [9.17, 15) is 0 Å². The maximum absolute atomic E-state index is 6.39. The monoisotopic (exact) mass is 511 g/mol. The summed E-state index contributed by atoms with van der Waals surface area (Å²) in [5.41, 5.74) is 17.7. The van der Waals surface area contributed by atoms with E-state index >= 15 is 0 Å². The van der Waals surface area contributed by atoms with Crippen molar-refractivity contribution in [3.63, 3.8) is 0 Å². The Bertz CT molecular complexity index is 957. The Hall–Kier alpha value is -0.950. The van der Waals surface area contributed by atoms with Crippen LogP contribution in [0.1, 0.15) is 72.9 Å². The smallest absolute Gasteiger partial charge is 0.145 e. The van der Waals surface area contributed by atoms with E-state index in [-0.39, 0.29) is 36.3 Å². The largest absolute Gasteiger partial charge is 0.330 e. The van der Waals surface area contributed by atoms with E-state index in [0.717, 1.165) is 48.9 Å². The number of fused-ring (bicyclic) bond motifs is 1. The molecular weight excluding hydrogens is 477 g/mol. The summed E-state index contributed by atoms with van der Waals surface area (Å²) in [6.45, 7) is 4.84. The zero-order valence-electron chi connectivity index (χ0n) is 19.3. The van der Waals surface area contributed by atoms with Gasteiger partial charge in [-0.25, -0.2) is 9.97 Å². The third kappa shape index (κ3) is 5.34. The first-order valence-corrected chi connectivity index (χ1v) is 12.2. The molecule has 1 aliphatic heterocycles. The van der Waals surface area contributed by atoms with E-state index in [1.165, 1.54) is 42.5 Å². The molecule has 0 bridgehead atoms. The number of halogens is 3. The lowest BCUT2D eigenvalue weighted by Crippen LogP contribution is -2.47. The number of rotatable bonds is 5. The minimum atomic E-state index is 0. The van der Waals surface area contributed by atoms with Crippen LogP contribution < -0.4 is 11.5 Å².